The molecule has 5 nitrogen and oxygen atoms in total. The highest BCUT2D eigenvalue weighted by atomic mass is 79.9. The van der Waals surface area contributed by atoms with Crippen molar-refractivity contribution in [3.05, 3.63) is 55.4 Å². The van der Waals surface area contributed by atoms with E-state index in [-0.39, 0.29) is 12.5 Å². The predicted molar refractivity (Wildman–Crippen MR) is 106 cm³/mol. The molecular weight excluding hydrogens is 475 g/mol. The van der Waals surface area contributed by atoms with Crippen LogP contribution in [0.4, 0.5) is 0 Å². The summed E-state index contributed by atoms with van der Waals surface area (Å²) in [5.41, 5.74) is 4.00. The lowest BCUT2D eigenvalue weighted by atomic mass is 10.2. The molecule has 0 unspecified atom stereocenters. The number of methoxy groups -OCH3 is 1. The molecule has 8 heteroatoms. The van der Waals surface area contributed by atoms with Gasteiger partial charge in [0.2, 0.25) is 0 Å². The number of aryl methyl sites for hydroxylation is 1. The third kappa shape index (κ3) is 5.73. The molecule has 0 aliphatic rings. The number of hydrogen-bond acceptors (Lipinski definition) is 4. The molecule has 0 heterocycles. The molecule has 132 valence electrons. The molecule has 0 atom stereocenters. The van der Waals surface area contributed by atoms with Gasteiger partial charge in [-0.2, -0.15) is 5.10 Å². The highest BCUT2D eigenvalue weighted by Gasteiger charge is 2.08. The second-order valence-corrected chi connectivity index (χ2v) is 7.18. The van der Waals surface area contributed by atoms with Gasteiger partial charge in [-0.25, -0.2) is 5.43 Å². The van der Waals surface area contributed by atoms with Crippen LogP contribution < -0.4 is 14.9 Å². The van der Waals surface area contributed by atoms with Crippen molar-refractivity contribution < 1.29 is 14.3 Å². The van der Waals surface area contributed by atoms with E-state index in [4.69, 9.17) is 21.1 Å². The lowest BCUT2D eigenvalue weighted by molar-refractivity contribution is -0.123. The van der Waals surface area contributed by atoms with Crippen molar-refractivity contribution in [2.24, 2.45) is 5.10 Å². The quantitative estimate of drug-likeness (QED) is 0.471. The lowest BCUT2D eigenvalue weighted by Gasteiger charge is -2.08. The molecule has 0 saturated carbocycles. The number of hydrazone groups is 1. The number of carbonyl (C=O) groups is 1. The van der Waals surface area contributed by atoms with Crippen LogP contribution in [0.5, 0.6) is 11.5 Å². The summed E-state index contributed by atoms with van der Waals surface area (Å²) in [6, 6.07) is 8.88. The summed E-state index contributed by atoms with van der Waals surface area (Å²) in [7, 11) is 1.56. The van der Waals surface area contributed by atoms with Crippen LogP contribution in [0.1, 0.15) is 11.1 Å². The predicted octanol–water partition coefficient (Wildman–Crippen LogP) is 4.71. The minimum absolute atomic E-state index is 0.155. The monoisotopic (exact) mass is 488 g/mol. The Hall–Kier alpha value is -1.57. The van der Waals surface area contributed by atoms with Gasteiger partial charge in [0.15, 0.2) is 6.61 Å². The molecule has 2 aromatic carbocycles. The number of rotatable bonds is 6. The summed E-state index contributed by atoms with van der Waals surface area (Å²) < 4.78 is 12.3. The fourth-order valence-corrected chi connectivity index (χ4v) is 3.49. The van der Waals surface area contributed by atoms with Crippen LogP contribution in [0.25, 0.3) is 0 Å². The first-order chi connectivity index (χ1) is 11.9. The van der Waals surface area contributed by atoms with Gasteiger partial charge in [-0.1, -0.05) is 27.5 Å². The minimum Gasteiger partial charge on any atom is -0.495 e. The van der Waals surface area contributed by atoms with Crippen LogP contribution in [-0.4, -0.2) is 25.8 Å². The van der Waals surface area contributed by atoms with Gasteiger partial charge in [0, 0.05) is 15.1 Å². The highest BCUT2D eigenvalue weighted by molar-refractivity contribution is 9.11. The van der Waals surface area contributed by atoms with Gasteiger partial charge >= 0.3 is 0 Å². The molecule has 0 fully saturated rings. The number of nitrogens with zero attached hydrogens (tertiary/aromatic N) is 1. The molecule has 0 spiro atoms. The number of halogens is 3. The maximum atomic E-state index is 11.8. The number of benzene rings is 2. The van der Waals surface area contributed by atoms with E-state index in [0.717, 1.165) is 14.5 Å². The van der Waals surface area contributed by atoms with Gasteiger partial charge in [0.1, 0.15) is 11.5 Å². The van der Waals surface area contributed by atoms with E-state index < -0.39 is 0 Å². The van der Waals surface area contributed by atoms with Crippen molar-refractivity contribution in [3.63, 3.8) is 0 Å². The Kier molecular flexibility index (Phi) is 7.28. The molecule has 2 aromatic rings. The van der Waals surface area contributed by atoms with E-state index in [1.807, 2.05) is 19.1 Å². The molecule has 25 heavy (non-hydrogen) atoms. The largest absolute Gasteiger partial charge is 0.495 e. The van der Waals surface area contributed by atoms with Crippen LogP contribution in [0.2, 0.25) is 5.02 Å². The van der Waals surface area contributed by atoms with E-state index in [1.54, 1.807) is 25.3 Å². The van der Waals surface area contributed by atoms with E-state index in [2.05, 4.69) is 42.4 Å². The number of hydrogen-bond donors (Lipinski definition) is 1. The van der Waals surface area contributed by atoms with Crippen LogP contribution in [-0.2, 0) is 4.79 Å². The zero-order chi connectivity index (χ0) is 18.4. The SMILES string of the molecule is COc1c(Br)cc(Br)cc1/C=N\NC(=O)COc1ccc(Cl)c(C)c1. The van der Waals surface area contributed by atoms with E-state index in [0.29, 0.717) is 22.1 Å². The Morgan fingerprint density at radius 1 is 1.32 bits per heavy atom. The van der Waals surface area contributed by atoms with Crippen LogP contribution in [0.15, 0.2) is 44.4 Å². The first-order valence-electron chi connectivity index (χ1n) is 7.14. The number of nitrogens with one attached hydrogen (secondary N) is 1. The number of amides is 1. The highest BCUT2D eigenvalue weighted by Crippen LogP contribution is 2.31. The second kappa shape index (κ2) is 9.22. The summed E-state index contributed by atoms with van der Waals surface area (Å²) in [6.07, 6.45) is 1.50. The van der Waals surface area contributed by atoms with Gasteiger partial charge in [0.05, 0.1) is 17.8 Å². The fourth-order valence-electron chi connectivity index (χ4n) is 1.95. The molecule has 0 aliphatic heterocycles. The molecule has 0 aromatic heterocycles. The maximum Gasteiger partial charge on any atom is 0.277 e. The van der Waals surface area contributed by atoms with Crippen molar-refractivity contribution in [3.8, 4) is 11.5 Å². The standard InChI is InChI=1S/C17H15Br2ClN2O3/c1-10-5-13(3-4-15(10)20)25-9-16(23)22-21-8-11-6-12(18)7-14(19)17(11)24-2/h3-8H,9H2,1-2H3,(H,22,23)/b21-8-. The molecule has 0 bridgehead atoms. The summed E-state index contributed by atoms with van der Waals surface area (Å²) in [5, 5.41) is 4.58. The maximum absolute atomic E-state index is 11.8. The Labute approximate surface area is 167 Å². The Morgan fingerprint density at radius 2 is 2.08 bits per heavy atom. The molecule has 2 rings (SSSR count). The van der Waals surface area contributed by atoms with Gasteiger partial charge < -0.3 is 9.47 Å². The Bertz CT molecular complexity index is 813. The summed E-state index contributed by atoms with van der Waals surface area (Å²) in [6.45, 7) is 1.71. The topological polar surface area (TPSA) is 59.9 Å². The van der Waals surface area contributed by atoms with Gasteiger partial charge in [-0.05, 0) is 58.7 Å². The summed E-state index contributed by atoms with van der Waals surface area (Å²) in [4.78, 5) is 11.8. The third-order valence-electron chi connectivity index (χ3n) is 3.13. The van der Waals surface area contributed by atoms with Crippen LogP contribution >= 0.6 is 43.5 Å². The molecule has 0 radical (unpaired) electrons. The normalized spacial score (nSPS) is 10.8. The fraction of sp³-hybridized carbons (Fsp3) is 0.176. The van der Waals surface area contributed by atoms with E-state index >= 15 is 0 Å². The third-order valence-corrected chi connectivity index (χ3v) is 4.60. The molecule has 0 saturated heterocycles. The van der Waals surface area contributed by atoms with Crippen LogP contribution in [0.3, 0.4) is 0 Å². The number of ether oxygens (including phenoxy) is 2. The average molecular weight is 491 g/mol. The van der Waals surface area contributed by atoms with Crippen LogP contribution in [0, 0.1) is 6.92 Å². The van der Waals surface area contributed by atoms with Gasteiger partial charge in [-0.3, -0.25) is 4.79 Å². The minimum atomic E-state index is -0.378. The molecular formula is C17H15Br2ClN2O3. The summed E-state index contributed by atoms with van der Waals surface area (Å²) in [5.74, 6) is 0.810. The zero-order valence-corrected chi connectivity index (χ0v) is 17.4. The van der Waals surface area contributed by atoms with Crippen molar-refractivity contribution in [1.82, 2.24) is 5.43 Å². The van der Waals surface area contributed by atoms with Crippen molar-refractivity contribution in [1.29, 1.82) is 0 Å². The van der Waals surface area contributed by atoms with E-state index in [1.165, 1.54) is 6.21 Å². The Balaban J connectivity index is 1.93. The summed E-state index contributed by atoms with van der Waals surface area (Å²) >= 11 is 12.7. The zero-order valence-electron chi connectivity index (χ0n) is 13.5. The number of carbonyl (C=O) groups excluding carboxylic acids is 1. The average Bonchev–Trinajstić information content (AvgIpc) is 2.55. The first-order valence-corrected chi connectivity index (χ1v) is 9.11. The lowest BCUT2D eigenvalue weighted by Crippen LogP contribution is -2.24. The van der Waals surface area contributed by atoms with Gasteiger partial charge in [0.25, 0.3) is 5.91 Å². The molecule has 0 aliphatic carbocycles. The Morgan fingerprint density at radius 3 is 2.76 bits per heavy atom. The second-order valence-electron chi connectivity index (χ2n) is 5.00. The molecule has 1 amide bonds. The molecule has 1 N–H and O–H groups in total. The smallest absolute Gasteiger partial charge is 0.277 e. The van der Waals surface area contributed by atoms with Crippen molar-refractivity contribution >= 4 is 55.6 Å². The first kappa shape index (κ1) is 19.8. The van der Waals surface area contributed by atoms with E-state index in [9.17, 15) is 4.79 Å². The van der Waals surface area contributed by atoms with Crippen molar-refractivity contribution in [2.75, 3.05) is 13.7 Å². The van der Waals surface area contributed by atoms with Gasteiger partial charge in [-0.15, -0.1) is 0 Å². The van der Waals surface area contributed by atoms with Crippen molar-refractivity contribution in [2.45, 2.75) is 6.92 Å².